The van der Waals surface area contributed by atoms with E-state index in [-0.39, 0.29) is 11.9 Å². The van der Waals surface area contributed by atoms with Gasteiger partial charge in [-0.15, -0.1) is 0 Å². The second-order valence-corrected chi connectivity index (χ2v) is 7.54. The highest BCUT2D eigenvalue weighted by molar-refractivity contribution is 7.80. The molecule has 0 radical (unpaired) electrons. The van der Waals surface area contributed by atoms with Crippen LogP contribution in [0.25, 0.3) is 17.0 Å². The van der Waals surface area contributed by atoms with Gasteiger partial charge in [0.25, 0.3) is 5.89 Å². The molecule has 0 bridgehead atoms. The van der Waals surface area contributed by atoms with Crippen molar-refractivity contribution in [2.45, 2.75) is 33.2 Å². The average Bonchev–Trinajstić information content (AvgIpc) is 3.24. The molecule has 1 aromatic heterocycles. The Kier molecular flexibility index (Phi) is 5.63. The monoisotopic (exact) mass is 422 g/mol. The van der Waals surface area contributed by atoms with Gasteiger partial charge in [-0.3, -0.25) is 0 Å². The normalized spacial score (nSPS) is 16.7. The molecule has 0 fully saturated rings. The van der Waals surface area contributed by atoms with Crippen LogP contribution in [0, 0.1) is 5.82 Å². The fourth-order valence-electron chi connectivity index (χ4n) is 3.68. The Bertz CT molecular complexity index is 1090. The zero-order valence-corrected chi connectivity index (χ0v) is 18.0. The van der Waals surface area contributed by atoms with Crippen molar-refractivity contribution in [2.75, 3.05) is 6.54 Å². The number of halogens is 1. The molecular weight excluding hydrogens is 399 g/mol. The Labute approximate surface area is 180 Å². The summed E-state index contributed by atoms with van der Waals surface area (Å²) in [5.41, 5.74) is 4.79. The summed E-state index contributed by atoms with van der Waals surface area (Å²) in [5, 5.41) is 8.16. The van der Waals surface area contributed by atoms with E-state index in [0.29, 0.717) is 23.4 Å². The van der Waals surface area contributed by atoms with Gasteiger partial charge in [-0.25, -0.2) is 4.39 Å². The van der Waals surface area contributed by atoms with E-state index in [1.165, 1.54) is 17.7 Å². The first-order valence-electron chi connectivity index (χ1n) is 9.99. The van der Waals surface area contributed by atoms with E-state index in [2.05, 4.69) is 34.5 Å². The van der Waals surface area contributed by atoms with Gasteiger partial charge in [-0.05, 0) is 55.7 Å². The Morgan fingerprint density at radius 2 is 1.80 bits per heavy atom. The fourth-order valence-corrected chi connectivity index (χ4v) is 4.07. The quantitative estimate of drug-likeness (QED) is 0.576. The SMILES string of the molecule is CCc1ccc(-c2noc(C3=C(C)N(CC)C(=S)NC3c3ccc(F)cc3)n2)cc1. The highest BCUT2D eigenvalue weighted by atomic mass is 32.1. The van der Waals surface area contributed by atoms with Gasteiger partial charge in [0.2, 0.25) is 5.82 Å². The number of hydrogen-bond donors (Lipinski definition) is 1. The molecule has 1 N–H and O–H groups in total. The predicted octanol–water partition coefficient (Wildman–Crippen LogP) is 5.12. The lowest BCUT2D eigenvalue weighted by Crippen LogP contribution is -2.45. The van der Waals surface area contributed by atoms with E-state index in [1.807, 2.05) is 30.9 Å². The third-order valence-electron chi connectivity index (χ3n) is 5.39. The van der Waals surface area contributed by atoms with E-state index in [0.717, 1.165) is 28.8 Å². The minimum atomic E-state index is -0.309. The molecule has 1 aliphatic heterocycles. The second-order valence-electron chi connectivity index (χ2n) is 7.15. The van der Waals surface area contributed by atoms with Crippen molar-refractivity contribution in [1.29, 1.82) is 0 Å². The van der Waals surface area contributed by atoms with Crippen LogP contribution in [0.2, 0.25) is 0 Å². The van der Waals surface area contributed by atoms with Gasteiger partial charge in [0.05, 0.1) is 11.6 Å². The van der Waals surface area contributed by atoms with E-state index in [9.17, 15) is 4.39 Å². The molecule has 0 saturated carbocycles. The molecule has 1 unspecified atom stereocenters. The molecule has 4 rings (SSSR count). The first kappa shape index (κ1) is 20.2. The van der Waals surface area contributed by atoms with Crippen molar-refractivity contribution >= 4 is 22.9 Å². The highest BCUT2D eigenvalue weighted by Gasteiger charge is 2.33. The summed E-state index contributed by atoms with van der Waals surface area (Å²) in [7, 11) is 0. The van der Waals surface area contributed by atoms with Crippen molar-refractivity contribution in [2.24, 2.45) is 0 Å². The number of aromatic nitrogens is 2. The van der Waals surface area contributed by atoms with Crippen LogP contribution in [0.5, 0.6) is 0 Å². The lowest BCUT2D eigenvalue weighted by molar-refractivity contribution is 0.398. The molecule has 2 heterocycles. The van der Waals surface area contributed by atoms with Gasteiger partial charge in [0.15, 0.2) is 5.11 Å². The smallest absolute Gasteiger partial charge is 0.258 e. The molecule has 0 aliphatic carbocycles. The fraction of sp³-hybridized carbons (Fsp3) is 0.261. The third-order valence-corrected chi connectivity index (χ3v) is 5.73. The Morgan fingerprint density at radius 3 is 2.43 bits per heavy atom. The Balaban J connectivity index is 1.78. The number of nitrogens with one attached hydrogen (secondary N) is 1. The lowest BCUT2D eigenvalue weighted by atomic mass is 9.95. The molecule has 2 aromatic carbocycles. The van der Waals surface area contributed by atoms with Crippen LogP contribution < -0.4 is 5.32 Å². The summed E-state index contributed by atoms with van der Waals surface area (Å²) < 4.78 is 19.2. The van der Waals surface area contributed by atoms with Crippen molar-refractivity contribution in [3.8, 4) is 11.4 Å². The van der Waals surface area contributed by atoms with E-state index in [1.54, 1.807) is 12.1 Å². The molecule has 3 aromatic rings. The summed E-state index contributed by atoms with van der Waals surface area (Å²) in [6, 6.07) is 14.2. The molecule has 1 atom stereocenters. The largest absolute Gasteiger partial charge is 0.351 e. The molecule has 30 heavy (non-hydrogen) atoms. The molecule has 1 aliphatic rings. The van der Waals surface area contributed by atoms with Gasteiger partial charge in [-0.1, -0.05) is 48.5 Å². The minimum absolute atomic E-state index is 0.287. The van der Waals surface area contributed by atoms with Crippen LogP contribution in [0.4, 0.5) is 4.39 Å². The molecule has 7 heteroatoms. The maximum atomic E-state index is 13.5. The molecule has 0 spiro atoms. The first-order valence-corrected chi connectivity index (χ1v) is 10.4. The van der Waals surface area contributed by atoms with Crippen molar-refractivity contribution < 1.29 is 8.91 Å². The lowest BCUT2D eigenvalue weighted by Gasteiger charge is -2.36. The van der Waals surface area contributed by atoms with Gasteiger partial charge in [0.1, 0.15) is 5.82 Å². The maximum absolute atomic E-state index is 13.5. The molecular formula is C23H23FN4OS. The Morgan fingerprint density at radius 1 is 1.10 bits per heavy atom. The number of aryl methyl sites for hydroxylation is 1. The number of thiocarbonyl (C=S) groups is 1. The van der Waals surface area contributed by atoms with Crippen LogP contribution in [0.3, 0.4) is 0 Å². The third kappa shape index (κ3) is 3.73. The van der Waals surface area contributed by atoms with Crippen LogP contribution in [0.1, 0.15) is 43.8 Å². The number of benzene rings is 2. The molecule has 0 amide bonds. The average molecular weight is 423 g/mol. The van der Waals surface area contributed by atoms with Gasteiger partial charge >= 0.3 is 0 Å². The summed E-state index contributed by atoms with van der Waals surface area (Å²) >= 11 is 5.55. The van der Waals surface area contributed by atoms with E-state index >= 15 is 0 Å². The van der Waals surface area contributed by atoms with Crippen molar-refractivity contribution in [3.05, 3.63) is 77.1 Å². The summed E-state index contributed by atoms with van der Waals surface area (Å²) in [6.45, 7) is 6.84. The van der Waals surface area contributed by atoms with E-state index < -0.39 is 0 Å². The summed E-state index contributed by atoms with van der Waals surface area (Å²) in [4.78, 5) is 6.67. The highest BCUT2D eigenvalue weighted by Crippen LogP contribution is 2.37. The summed E-state index contributed by atoms with van der Waals surface area (Å²) in [6.07, 6.45) is 0.974. The molecule has 154 valence electrons. The number of allylic oxidation sites excluding steroid dienone is 1. The van der Waals surface area contributed by atoms with Crippen LogP contribution in [0.15, 0.2) is 58.8 Å². The zero-order valence-electron chi connectivity index (χ0n) is 17.1. The van der Waals surface area contributed by atoms with Crippen LogP contribution in [-0.4, -0.2) is 26.7 Å². The Hall–Kier alpha value is -3.06. The van der Waals surface area contributed by atoms with E-state index in [4.69, 9.17) is 16.7 Å². The molecule has 5 nitrogen and oxygen atoms in total. The zero-order chi connectivity index (χ0) is 21.3. The standard InChI is InChI=1S/C23H23FN4OS/c1-4-15-6-8-17(9-7-15)21-26-22(29-27-21)19-14(3)28(5-2)23(30)25-20(19)16-10-12-18(24)13-11-16/h6-13,20H,4-5H2,1-3H3,(H,25,30). The predicted molar refractivity (Wildman–Crippen MR) is 119 cm³/mol. The topological polar surface area (TPSA) is 54.2 Å². The molecule has 0 saturated heterocycles. The van der Waals surface area contributed by atoms with Gasteiger partial charge in [-0.2, -0.15) is 4.98 Å². The number of hydrogen-bond acceptors (Lipinski definition) is 4. The van der Waals surface area contributed by atoms with Gasteiger partial charge < -0.3 is 14.7 Å². The van der Waals surface area contributed by atoms with Crippen LogP contribution >= 0.6 is 12.2 Å². The first-order chi connectivity index (χ1) is 14.5. The van der Waals surface area contributed by atoms with Crippen molar-refractivity contribution in [1.82, 2.24) is 20.4 Å². The van der Waals surface area contributed by atoms with Gasteiger partial charge in [0, 0.05) is 17.8 Å². The second kappa shape index (κ2) is 8.36. The van der Waals surface area contributed by atoms with Crippen molar-refractivity contribution in [3.63, 3.8) is 0 Å². The maximum Gasteiger partial charge on any atom is 0.258 e. The summed E-state index contributed by atoms with van der Waals surface area (Å²) in [5.74, 6) is 0.664. The number of rotatable bonds is 5. The minimum Gasteiger partial charge on any atom is -0.351 e. The van der Waals surface area contributed by atoms with Crippen LogP contribution in [-0.2, 0) is 6.42 Å². The number of nitrogens with zero attached hydrogens (tertiary/aromatic N) is 3.